The van der Waals surface area contributed by atoms with Gasteiger partial charge in [0.15, 0.2) is 0 Å². The quantitative estimate of drug-likeness (QED) is 0.870. The molecule has 0 aromatic heterocycles. The number of rotatable bonds is 3. The number of hydrogen-bond donors (Lipinski definition) is 1. The van der Waals surface area contributed by atoms with Crippen LogP contribution in [0.3, 0.4) is 0 Å². The molecule has 1 aromatic carbocycles. The van der Waals surface area contributed by atoms with Crippen molar-refractivity contribution in [1.82, 2.24) is 4.90 Å². The summed E-state index contributed by atoms with van der Waals surface area (Å²) in [7, 11) is 1.60. The number of benzene rings is 1. The lowest BCUT2D eigenvalue weighted by Gasteiger charge is -2.24. The van der Waals surface area contributed by atoms with E-state index in [9.17, 15) is 9.18 Å². The lowest BCUT2D eigenvalue weighted by molar-refractivity contribution is 0.0778. The van der Waals surface area contributed by atoms with Gasteiger partial charge in [0.2, 0.25) is 0 Å². The Morgan fingerprint density at radius 2 is 2.18 bits per heavy atom. The van der Waals surface area contributed by atoms with Gasteiger partial charge in [-0.25, -0.2) is 4.39 Å². The topological polar surface area (TPSA) is 46.3 Å². The standard InChI is InChI=1S/C11H12BrFN2OS/c1-6(10(14)17)15(2)11(16)8-4-3-7(13)5-9(8)12/h3-6H,1-2H3,(H2,14,17). The van der Waals surface area contributed by atoms with Crippen molar-refractivity contribution in [1.29, 1.82) is 0 Å². The fourth-order valence-electron chi connectivity index (χ4n) is 1.22. The van der Waals surface area contributed by atoms with Crippen molar-refractivity contribution in [2.45, 2.75) is 13.0 Å². The summed E-state index contributed by atoms with van der Waals surface area (Å²) in [5.74, 6) is -0.671. The maximum absolute atomic E-state index is 12.9. The number of nitrogens with zero attached hydrogens (tertiary/aromatic N) is 1. The van der Waals surface area contributed by atoms with Crippen LogP contribution in [0.1, 0.15) is 17.3 Å². The van der Waals surface area contributed by atoms with E-state index in [1.165, 1.54) is 23.1 Å². The predicted octanol–water partition coefficient (Wildman–Crippen LogP) is 2.33. The molecule has 0 radical (unpaired) electrons. The molecule has 2 N–H and O–H groups in total. The van der Waals surface area contributed by atoms with Gasteiger partial charge in [0.1, 0.15) is 5.82 Å². The second-order valence-corrected chi connectivity index (χ2v) is 4.94. The summed E-state index contributed by atoms with van der Waals surface area (Å²) < 4.78 is 13.3. The van der Waals surface area contributed by atoms with E-state index in [4.69, 9.17) is 18.0 Å². The van der Waals surface area contributed by atoms with E-state index in [0.717, 1.165) is 0 Å². The average Bonchev–Trinajstić information content (AvgIpc) is 2.26. The van der Waals surface area contributed by atoms with Gasteiger partial charge >= 0.3 is 0 Å². The largest absolute Gasteiger partial charge is 0.392 e. The van der Waals surface area contributed by atoms with Crippen molar-refractivity contribution in [3.05, 3.63) is 34.1 Å². The third-order valence-electron chi connectivity index (χ3n) is 2.47. The van der Waals surface area contributed by atoms with Gasteiger partial charge in [-0.2, -0.15) is 0 Å². The highest BCUT2D eigenvalue weighted by molar-refractivity contribution is 9.10. The van der Waals surface area contributed by atoms with Crippen molar-refractivity contribution in [3.63, 3.8) is 0 Å². The molecule has 0 aliphatic heterocycles. The Kier molecular flexibility index (Phi) is 4.59. The summed E-state index contributed by atoms with van der Waals surface area (Å²) in [5, 5.41) is 0. The molecule has 6 heteroatoms. The van der Waals surface area contributed by atoms with E-state index < -0.39 is 5.82 Å². The van der Waals surface area contributed by atoms with Crippen molar-refractivity contribution < 1.29 is 9.18 Å². The first-order chi connectivity index (χ1) is 7.84. The maximum Gasteiger partial charge on any atom is 0.255 e. The summed E-state index contributed by atoms with van der Waals surface area (Å²) in [4.78, 5) is 13.7. The van der Waals surface area contributed by atoms with Gasteiger partial charge in [-0.15, -0.1) is 0 Å². The molecular formula is C11H12BrFN2OS. The van der Waals surface area contributed by atoms with Crippen LogP contribution in [0.4, 0.5) is 4.39 Å². The first-order valence-electron chi connectivity index (χ1n) is 4.86. The zero-order chi connectivity index (χ0) is 13.2. The van der Waals surface area contributed by atoms with E-state index in [0.29, 0.717) is 10.0 Å². The molecule has 0 saturated heterocycles. The SMILES string of the molecule is CC(C(N)=S)N(C)C(=O)c1ccc(F)cc1Br. The Balaban J connectivity index is 3.00. The molecule has 0 fully saturated rings. The number of carbonyl (C=O) groups excluding carboxylic acids is 1. The highest BCUT2D eigenvalue weighted by Gasteiger charge is 2.21. The van der Waals surface area contributed by atoms with Gasteiger partial charge in [0, 0.05) is 11.5 Å². The molecule has 0 saturated carbocycles. The van der Waals surface area contributed by atoms with Gasteiger partial charge in [-0.3, -0.25) is 4.79 Å². The molecule has 1 unspecified atom stereocenters. The van der Waals surface area contributed by atoms with Gasteiger partial charge < -0.3 is 10.6 Å². The fourth-order valence-corrected chi connectivity index (χ4v) is 1.90. The maximum atomic E-state index is 12.9. The summed E-state index contributed by atoms with van der Waals surface area (Å²) >= 11 is 7.98. The molecule has 0 aliphatic carbocycles. The molecule has 1 aromatic rings. The summed E-state index contributed by atoms with van der Waals surface area (Å²) in [5.41, 5.74) is 5.85. The van der Waals surface area contributed by atoms with E-state index in [-0.39, 0.29) is 16.9 Å². The molecule has 0 heterocycles. The molecule has 0 bridgehead atoms. The van der Waals surface area contributed by atoms with Crippen molar-refractivity contribution in [2.75, 3.05) is 7.05 Å². The van der Waals surface area contributed by atoms with Gasteiger partial charge in [0.25, 0.3) is 5.91 Å². The number of likely N-dealkylation sites (N-methyl/N-ethyl adjacent to an activating group) is 1. The van der Waals surface area contributed by atoms with Gasteiger partial charge in [0.05, 0.1) is 16.6 Å². The van der Waals surface area contributed by atoms with E-state index in [1.807, 2.05) is 0 Å². The average molecular weight is 319 g/mol. The number of amides is 1. The smallest absolute Gasteiger partial charge is 0.255 e. The number of halogens is 2. The molecule has 1 atom stereocenters. The van der Waals surface area contributed by atoms with Gasteiger partial charge in [-0.1, -0.05) is 12.2 Å². The third-order valence-corrected chi connectivity index (χ3v) is 3.47. The van der Waals surface area contributed by atoms with Crippen LogP contribution in [0.5, 0.6) is 0 Å². The van der Waals surface area contributed by atoms with Crippen LogP contribution >= 0.6 is 28.1 Å². The molecule has 1 amide bonds. The molecule has 0 spiro atoms. The van der Waals surface area contributed by atoms with Crippen LogP contribution in [-0.4, -0.2) is 28.9 Å². The van der Waals surface area contributed by atoms with Crippen LogP contribution < -0.4 is 5.73 Å². The van der Waals surface area contributed by atoms with E-state index >= 15 is 0 Å². The second-order valence-electron chi connectivity index (χ2n) is 3.62. The molecule has 3 nitrogen and oxygen atoms in total. The molecular weight excluding hydrogens is 307 g/mol. The van der Waals surface area contributed by atoms with Crippen LogP contribution in [0.25, 0.3) is 0 Å². The fraction of sp³-hybridized carbons (Fsp3) is 0.273. The monoisotopic (exact) mass is 318 g/mol. The molecule has 0 aliphatic rings. The van der Waals surface area contributed by atoms with Crippen LogP contribution in [0.2, 0.25) is 0 Å². The highest BCUT2D eigenvalue weighted by atomic mass is 79.9. The van der Waals surface area contributed by atoms with Crippen LogP contribution in [-0.2, 0) is 0 Å². The Hall–Kier alpha value is -1.01. The molecule has 1 rings (SSSR count). The number of nitrogens with two attached hydrogens (primary N) is 1. The van der Waals surface area contributed by atoms with Crippen molar-refractivity contribution in [3.8, 4) is 0 Å². The zero-order valence-corrected chi connectivity index (χ0v) is 11.8. The number of carbonyl (C=O) groups is 1. The number of hydrogen-bond acceptors (Lipinski definition) is 2. The Morgan fingerprint density at radius 3 is 2.65 bits per heavy atom. The number of thiocarbonyl (C=S) groups is 1. The van der Waals surface area contributed by atoms with Crippen LogP contribution in [0, 0.1) is 5.82 Å². The minimum atomic E-state index is -0.404. The molecule has 92 valence electrons. The van der Waals surface area contributed by atoms with E-state index in [2.05, 4.69) is 15.9 Å². The minimum absolute atomic E-state index is 0.235. The van der Waals surface area contributed by atoms with E-state index in [1.54, 1.807) is 14.0 Å². The molecule has 17 heavy (non-hydrogen) atoms. The highest BCUT2D eigenvalue weighted by Crippen LogP contribution is 2.20. The minimum Gasteiger partial charge on any atom is -0.392 e. The van der Waals surface area contributed by atoms with Gasteiger partial charge in [-0.05, 0) is 41.1 Å². The lowest BCUT2D eigenvalue weighted by atomic mass is 10.1. The summed E-state index contributed by atoms with van der Waals surface area (Å²) in [6.45, 7) is 1.73. The Bertz CT molecular complexity index is 467. The first-order valence-corrected chi connectivity index (χ1v) is 6.06. The van der Waals surface area contributed by atoms with Crippen molar-refractivity contribution >= 4 is 39.0 Å². The first kappa shape index (κ1) is 14.1. The van der Waals surface area contributed by atoms with Crippen LogP contribution in [0.15, 0.2) is 22.7 Å². The third kappa shape index (κ3) is 3.23. The normalized spacial score (nSPS) is 12.0. The summed E-state index contributed by atoms with van der Waals surface area (Å²) in [6.07, 6.45) is 0. The Labute approximate surface area is 113 Å². The van der Waals surface area contributed by atoms with Crippen molar-refractivity contribution in [2.24, 2.45) is 5.73 Å². The zero-order valence-electron chi connectivity index (χ0n) is 9.41. The Morgan fingerprint density at radius 1 is 1.59 bits per heavy atom. The lowest BCUT2D eigenvalue weighted by Crippen LogP contribution is -2.42. The second kappa shape index (κ2) is 5.55. The summed E-state index contributed by atoms with van der Waals surface area (Å²) in [6, 6.07) is 3.54. The predicted molar refractivity (Wildman–Crippen MR) is 72.4 cm³/mol.